The number of halogens is 3. The highest BCUT2D eigenvalue weighted by atomic mass is 19.4. The molecular weight excluding hydrogens is 643 g/mol. The van der Waals surface area contributed by atoms with Crippen LogP contribution in [0.2, 0.25) is 0 Å². The number of benzene rings is 3. The van der Waals surface area contributed by atoms with E-state index < -0.39 is 18.1 Å². The number of amides is 1. The number of carbonyl (C=O) groups excluding carboxylic acids is 1. The number of nitrogens with one attached hydrogen (secondary N) is 1. The van der Waals surface area contributed by atoms with Gasteiger partial charge in [-0.25, -0.2) is 14.6 Å². The van der Waals surface area contributed by atoms with E-state index in [2.05, 4.69) is 16.3 Å². The number of nitriles is 1. The Labute approximate surface area is 277 Å². The molecule has 5 aromatic rings. The van der Waals surface area contributed by atoms with Crippen LogP contribution >= 0.6 is 0 Å². The van der Waals surface area contributed by atoms with Crippen LogP contribution in [-0.4, -0.2) is 63.5 Å². The average Bonchev–Trinajstić information content (AvgIpc) is 3.36. The van der Waals surface area contributed by atoms with Crippen LogP contribution in [-0.2, 0) is 17.9 Å². The largest absolute Gasteiger partial charge is 0.490 e. The minimum Gasteiger partial charge on any atom is -0.475 e. The molecule has 49 heavy (non-hydrogen) atoms. The van der Waals surface area contributed by atoms with E-state index >= 15 is 0 Å². The van der Waals surface area contributed by atoms with Gasteiger partial charge in [0.05, 0.1) is 36.5 Å². The highest BCUT2D eigenvalue weighted by Crippen LogP contribution is 2.36. The molecule has 0 radical (unpaired) electrons. The molecule has 2 aromatic heterocycles. The van der Waals surface area contributed by atoms with Crippen LogP contribution in [0.1, 0.15) is 27.0 Å². The fourth-order valence-electron chi connectivity index (χ4n) is 5.37. The van der Waals surface area contributed by atoms with Gasteiger partial charge in [0, 0.05) is 26.2 Å². The number of hydrogen-bond donors (Lipinski definition) is 3. The number of carbonyl (C=O) groups is 2. The number of alkyl halides is 3. The topological polar surface area (TPSA) is 168 Å². The second kappa shape index (κ2) is 14.7. The number of fused-ring (bicyclic) bond motifs is 1. The van der Waals surface area contributed by atoms with E-state index in [0.29, 0.717) is 40.3 Å². The first-order chi connectivity index (χ1) is 23.5. The summed E-state index contributed by atoms with van der Waals surface area (Å²) in [6, 6.07) is 25.9. The summed E-state index contributed by atoms with van der Waals surface area (Å²) in [6.45, 7) is 3.45. The van der Waals surface area contributed by atoms with Crippen LogP contribution in [0, 0.1) is 11.3 Å². The molecule has 0 atom stereocenters. The van der Waals surface area contributed by atoms with E-state index in [1.165, 1.54) is 0 Å². The van der Waals surface area contributed by atoms with Gasteiger partial charge in [-0.2, -0.15) is 18.4 Å². The van der Waals surface area contributed by atoms with Crippen molar-refractivity contribution >= 4 is 28.7 Å². The normalized spacial score (nSPS) is 12.9. The Morgan fingerprint density at radius 1 is 0.918 bits per heavy atom. The lowest BCUT2D eigenvalue weighted by Gasteiger charge is -2.29. The molecule has 6 rings (SSSR count). The fraction of sp³-hybridized carbons (Fsp3) is 0.206. The van der Waals surface area contributed by atoms with Gasteiger partial charge < -0.3 is 25.8 Å². The summed E-state index contributed by atoms with van der Waals surface area (Å²) in [5.41, 5.74) is 8.86. The summed E-state index contributed by atoms with van der Waals surface area (Å²) in [5, 5.41) is 20.3. The summed E-state index contributed by atoms with van der Waals surface area (Å²) in [7, 11) is 0. The van der Waals surface area contributed by atoms with Gasteiger partial charge in [-0.05, 0) is 29.3 Å². The van der Waals surface area contributed by atoms with Crippen molar-refractivity contribution in [1.82, 2.24) is 19.4 Å². The molecule has 1 aliphatic rings. The SMILES string of the molecule is N#Cc1ccccc1Cn1c(=O)n(Cc2ccccc2)c2c(N3CCNCC3)ncc(Oc3ccccc3C(N)=O)c21.O=C(O)C(F)(F)F. The van der Waals surface area contributed by atoms with Gasteiger partial charge in [0.2, 0.25) is 0 Å². The second-order valence-corrected chi connectivity index (χ2v) is 10.9. The third kappa shape index (κ3) is 7.71. The van der Waals surface area contributed by atoms with Crippen molar-refractivity contribution < 1.29 is 32.6 Å². The molecule has 3 heterocycles. The zero-order valence-electron chi connectivity index (χ0n) is 25.9. The summed E-state index contributed by atoms with van der Waals surface area (Å²) in [5.74, 6) is -2.16. The van der Waals surface area contributed by atoms with E-state index in [4.69, 9.17) is 25.4 Å². The van der Waals surface area contributed by atoms with Gasteiger partial charge >= 0.3 is 17.8 Å². The number of para-hydroxylation sites is 1. The number of hydrogen-bond acceptors (Lipinski definition) is 8. The molecule has 0 bridgehead atoms. The van der Waals surface area contributed by atoms with Gasteiger partial charge in [0.15, 0.2) is 11.6 Å². The number of aromatic nitrogens is 3. The summed E-state index contributed by atoms with van der Waals surface area (Å²) in [4.78, 5) is 42.5. The van der Waals surface area contributed by atoms with Gasteiger partial charge in [-0.1, -0.05) is 60.7 Å². The third-order valence-electron chi connectivity index (χ3n) is 7.66. The molecule has 4 N–H and O–H groups in total. The number of piperazine rings is 1. The highest BCUT2D eigenvalue weighted by Gasteiger charge is 2.38. The average molecular weight is 674 g/mol. The molecule has 0 saturated carbocycles. The number of nitrogens with two attached hydrogens (primary N) is 1. The number of anilines is 1. The van der Waals surface area contributed by atoms with Crippen LogP contribution < -0.4 is 26.4 Å². The molecule has 1 fully saturated rings. The van der Waals surface area contributed by atoms with Crippen LogP contribution in [0.4, 0.5) is 19.0 Å². The van der Waals surface area contributed by atoms with Crippen molar-refractivity contribution in [2.45, 2.75) is 19.3 Å². The van der Waals surface area contributed by atoms with E-state index in [0.717, 1.165) is 31.7 Å². The number of carboxylic acids is 1. The van der Waals surface area contributed by atoms with Gasteiger partial charge in [0.25, 0.3) is 5.91 Å². The minimum atomic E-state index is -5.08. The smallest absolute Gasteiger partial charge is 0.475 e. The molecule has 1 amide bonds. The molecule has 0 aliphatic carbocycles. The number of carboxylic acid groups (broad SMARTS) is 1. The fourth-order valence-corrected chi connectivity index (χ4v) is 5.37. The van der Waals surface area contributed by atoms with E-state index in [9.17, 15) is 28.0 Å². The lowest BCUT2D eigenvalue weighted by atomic mass is 10.1. The Kier molecular flexibility index (Phi) is 10.3. The highest BCUT2D eigenvalue weighted by molar-refractivity contribution is 5.96. The van der Waals surface area contributed by atoms with Gasteiger partial charge in [-0.3, -0.25) is 13.9 Å². The molecule has 252 valence electrons. The summed E-state index contributed by atoms with van der Waals surface area (Å²) < 4.78 is 41.4. The molecule has 1 aliphatic heterocycles. The molecule has 12 nitrogen and oxygen atoms in total. The molecule has 3 aromatic carbocycles. The Morgan fingerprint density at radius 3 is 2.18 bits per heavy atom. The zero-order chi connectivity index (χ0) is 35.1. The maximum absolute atomic E-state index is 14.4. The Morgan fingerprint density at radius 2 is 1.53 bits per heavy atom. The Hall–Kier alpha value is -6.14. The first kappa shape index (κ1) is 34.2. The van der Waals surface area contributed by atoms with E-state index in [-0.39, 0.29) is 23.5 Å². The van der Waals surface area contributed by atoms with Crippen molar-refractivity contribution in [3.63, 3.8) is 0 Å². The van der Waals surface area contributed by atoms with Crippen molar-refractivity contribution in [3.05, 3.63) is 118 Å². The first-order valence-electron chi connectivity index (χ1n) is 15.0. The van der Waals surface area contributed by atoms with E-state index in [1.54, 1.807) is 51.7 Å². The number of rotatable bonds is 8. The van der Waals surface area contributed by atoms with Crippen molar-refractivity contribution in [2.24, 2.45) is 5.73 Å². The molecule has 1 saturated heterocycles. The third-order valence-corrected chi connectivity index (χ3v) is 7.66. The maximum atomic E-state index is 14.4. The second-order valence-electron chi connectivity index (χ2n) is 10.9. The van der Waals surface area contributed by atoms with E-state index in [1.807, 2.05) is 42.5 Å². The van der Waals surface area contributed by atoms with Gasteiger partial charge in [0.1, 0.15) is 16.8 Å². The number of imidazole rings is 1. The predicted octanol–water partition coefficient (Wildman–Crippen LogP) is 4.10. The Bertz CT molecular complexity index is 2080. The first-order valence-corrected chi connectivity index (χ1v) is 15.0. The number of nitrogens with zero attached hydrogens (tertiary/aromatic N) is 5. The standard InChI is InChI=1S/C32H29N7O3.C2HF3O2/c33-18-23-10-4-5-11-24(23)21-39-28-27(42-26-13-7-6-12-25(26)30(34)40)19-36-31(37-16-14-35-15-17-37)29(28)38(32(39)41)20-22-8-2-1-3-9-22;3-2(4,5)1(6)7/h1-13,19,35H,14-17,20-21H2,(H2,34,40);(H,6,7). The molecule has 15 heteroatoms. The van der Waals surface area contributed by atoms with Crippen molar-refractivity contribution in [1.29, 1.82) is 5.26 Å². The molecular formula is C34H30F3N7O5. The van der Waals surface area contributed by atoms with Crippen LogP contribution in [0.25, 0.3) is 11.0 Å². The number of primary amides is 1. The predicted molar refractivity (Wildman–Crippen MR) is 174 cm³/mol. The summed E-state index contributed by atoms with van der Waals surface area (Å²) in [6.07, 6.45) is -3.49. The minimum absolute atomic E-state index is 0.139. The monoisotopic (exact) mass is 673 g/mol. The lowest BCUT2D eigenvalue weighted by molar-refractivity contribution is -0.192. The van der Waals surface area contributed by atoms with Crippen LogP contribution in [0.15, 0.2) is 89.9 Å². The molecule has 0 unspecified atom stereocenters. The maximum Gasteiger partial charge on any atom is 0.490 e. The number of pyridine rings is 1. The quantitative estimate of drug-likeness (QED) is 0.220. The van der Waals surface area contributed by atoms with Crippen molar-refractivity contribution in [2.75, 3.05) is 31.1 Å². The number of ether oxygens (including phenoxy) is 1. The van der Waals surface area contributed by atoms with Crippen LogP contribution in [0.3, 0.4) is 0 Å². The van der Waals surface area contributed by atoms with Gasteiger partial charge in [-0.15, -0.1) is 0 Å². The van der Waals surface area contributed by atoms with Crippen LogP contribution in [0.5, 0.6) is 11.5 Å². The molecule has 0 spiro atoms. The Balaban J connectivity index is 0.000000606. The summed E-state index contributed by atoms with van der Waals surface area (Å²) >= 11 is 0. The lowest BCUT2D eigenvalue weighted by Crippen LogP contribution is -2.44. The zero-order valence-corrected chi connectivity index (χ0v) is 25.9. The van der Waals surface area contributed by atoms with Crippen molar-refractivity contribution in [3.8, 4) is 17.6 Å². The number of aliphatic carboxylic acids is 1.